The fourth-order valence-electron chi connectivity index (χ4n) is 7.26. The molecular weight excluding hydrogens is 610 g/mol. The summed E-state index contributed by atoms with van der Waals surface area (Å²) in [6, 6.07) is 13.0. The number of nitrogens with two attached hydrogens (primary N) is 1. The number of imide groups is 1. The summed E-state index contributed by atoms with van der Waals surface area (Å²) in [7, 11) is 0. The SMILES string of the molecule is NC(=O)N(CCC1CCCCC1)C(=O)Nc1ccc(N2CCCN(C(=O)C3CCNCC3)CC2)c(NC(=O)c2cc3ccccc3o2)c1. The first kappa shape index (κ1) is 33.3. The van der Waals surface area contributed by atoms with E-state index in [1.165, 1.54) is 19.3 Å². The molecule has 0 unspecified atom stereocenters. The number of rotatable bonds is 8. The number of carbonyl (C=O) groups excluding carboxylic acids is 4. The van der Waals surface area contributed by atoms with Gasteiger partial charge in [0, 0.05) is 49.7 Å². The Morgan fingerprint density at radius 2 is 1.67 bits per heavy atom. The van der Waals surface area contributed by atoms with E-state index in [-0.39, 0.29) is 24.1 Å². The number of hydrogen-bond donors (Lipinski definition) is 4. The number of carbonyl (C=O) groups is 4. The minimum Gasteiger partial charge on any atom is -0.451 e. The van der Waals surface area contributed by atoms with Crippen molar-refractivity contribution in [3.8, 4) is 0 Å². The van der Waals surface area contributed by atoms with Crippen molar-refractivity contribution < 1.29 is 23.6 Å². The Morgan fingerprint density at radius 3 is 2.44 bits per heavy atom. The number of amides is 6. The number of furan rings is 1. The third-order valence-electron chi connectivity index (χ3n) is 9.98. The van der Waals surface area contributed by atoms with Gasteiger partial charge < -0.3 is 35.9 Å². The summed E-state index contributed by atoms with van der Waals surface area (Å²) >= 11 is 0. The molecule has 3 fully saturated rings. The Labute approximate surface area is 281 Å². The van der Waals surface area contributed by atoms with Gasteiger partial charge in [0.2, 0.25) is 5.91 Å². The second kappa shape index (κ2) is 15.5. The lowest BCUT2D eigenvalue weighted by Crippen LogP contribution is -2.44. The molecule has 2 saturated heterocycles. The number of hydrogen-bond acceptors (Lipinski definition) is 7. The van der Waals surface area contributed by atoms with Crippen LogP contribution in [0.5, 0.6) is 0 Å². The number of nitrogens with one attached hydrogen (secondary N) is 3. The van der Waals surface area contributed by atoms with Gasteiger partial charge in [-0.25, -0.2) is 14.5 Å². The minimum atomic E-state index is -0.800. The first-order valence-corrected chi connectivity index (χ1v) is 17.4. The Morgan fingerprint density at radius 1 is 0.875 bits per heavy atom. The predicted octanol–water partition coefficient (Wildman–Crippen LogP) is 5.61. The fourth-order valence-corrected chi connectivity index (χ4v) is 7.26. The third kappa shape index (κ3) is 8.10. The average molecular weight is 658 g/mol. The molecule has 0 spiro atoms. The number of piperidine rings is 1. The highest BCUT2D eigenvalue weighted by atomic mass is 16.3. The van der Waals surface area contributed by atoms with Gasteiger partial charge in [-0.15, -0.1) is 0 Å². The van der Waals surface area contributed by atoms with Crippen LogP contribution in [0.1, 0.15) is 68.3 Å². The van der Waals surface area contributed by atoms with E-state index in [1.54, 1.807) is 24.3 Å². The molecule has 0 bridgehead atoms. The van der Waals surface area contributed by atoms with Crippen LogP contribution in [0.2, 0.25) is 0 Å². The normalized spacial score (nSPS) is 17.9. The van der Waals surface area contributed by atoms with E-state index in [4.69, 9.17) is 10.2 Å². The Bertz CT molecular complexity index is 1580. The zero-order chi connectivity index (χ0) is 33.5. The van der Waals surface area contributed by atoms with Crippen LogP contribution in [0.4, 0.5) is 26.7 Å². The second-order valence-corrected chi connectivity index (χ2v) is 13.2. The van der Waals surface area contributed by atoms with Gasteiger partial charge in [-0.3, -0.25) is 9.59 Å². The Hall–Kier alpha value is -4.58. The molecule has 3 aliphatic rings. The molecule has 12 nitrogen and oxygen atoms in total. The first-order chi connectivity index (χ1) is 23.4. The molecule has 5 N–H and O–H groups in total. The number of urea groups is 2. The van der Waals surface area contributed by atoms with Crippen molar-refractivity contribution in [1.82, 2.24) is 15.1 Å². The Kier molecular flexibility index (Phi) is 10.8. The largest absolute Gasteiger partial charge is 0.451 e. The quantitative estimate of drug-likeness (QED) is 0.246. The summed E-state index contributed by atoms with van der Waals surface area (Å²) in [5, 5.41) is 9.97. The van der Waals surface area contributed by atoms with E-state index >= 15 is 0 Å². The number of anilines is 3. The maximum Gasteiger partial charge on any atom is 0.329 e. The van der Waals surface area contributed by atoms with Gasteiger partial charge >= 0.3 is 12.1 Å². The summed E-state index contributed by atoms with van der Waals surface area (Å²) in [6.07, 6.45) is 9.00. The molecule has 1 aromatic heterocycles. The number of benzene rings is 2. The maximum absolute atomic E-state index is 13.5. The number of primary amides is 1. The smallest absolute Gasteiger partial charge is 0.329 e. The molecule has 3 heterocycles. The molecule has 256 valence electrons. The van der Waals surface area contributed by atoms with Crippen molar-refractivity contribution >= 4 is 51.9 Å². The van der Waals surface area contributed by atoms with Gasteiger partial charge in [0.25, 0.3) is 5.91 Å². The zero-order valence-electron chi connectivity index (χ0n) is 27.5. The van der Waals surface area contributed by atoms with Crippen molar-refractivity contribution in [3.63, 3.8) is 0 Å². The molecule has 0 radical (unpaired) electrons. The molecule has 0 atom stereocenters. The van der Waals surface area contributed by atoms with E-state index in [1.807, 2.05) is 29.2 Å². The highest BCUT2D eigenvalue weighted by molar-refractivity contribution is 6.07. The number of para-hydroxylation sites is 1. The van der Waals surface area contributed by atoms with Crippen LogP contribution >= 0.6 is 0 Å². The van der Waals surface area contributed by atoms with Crippen molar-refractivity contribution in [3.05, 3.63) is 54.3 Å². The lowest BCUT2D eigenvalue weighted by Gasteiger charge is -2.29. The van der Waals surface area contributed by atoms with Gasteiger partial charge in [-0.1, -0.05) is 50.3 Å². The van der Waals surface area contributed by atoms with Gasteiger partial charge in [0.1, 0.15) is 5.58 Å². The third-order valence-corrected chi connectivity index (χ3v) is 9.98. The summed E-state index contributed by atoms with van der Waals surface area (Å²) < 4.78 is 5.83. The molecule has 6 amide bonds. The van der Waals surface area contributed by atoms with Crippen LogP contribution in [0, 0.1) is 11.8 Å². The van der Waals surface area contributed by atoms with Crippen LogP contribution < -0.4 is 26.6 Å². The molecule has 2 aliphatic heterocycles. The molecular formula is C36H47N7O5. The topological polar surface area (TPSA) is 153 Å². The van der Waals surface area contributed by atoms with Crippen LogP contribution in [-0.4, -0.2) is 79.5 Å². The van der Waals surface area contributed by atoms with Crippen LogP contribution in [0.3, 0.4) is 0 Å². The van der Waals surface area contributed by atoms with Crippen molar-refractivity contribution in [2.75, 3.05) is 61.3 Å². The molecule has 1 aliphatic carbocycles. The maximum atomic E-state index is 13.5. The molecule has 48 heavy (non-hydrogen) atoms. The van der Waals surface area contributed by atoms with Gasteiger partial charge in [0.05, 0.1) is 11.4 Å². The summed E-state index contributed by atoms with van der Waals surface area (Å²) in [5.41, 5.74) is 7.89. The van der Waals surface area contributed by atoms with Gasteiger partial charge in [-0.05, 0) is 75.0 Å². The molecule has 12 heteroatoms. The molecule has 3 aromatic rings. The number of fused-ring (bicyclic) bond motifs is 1. The average Bonchev–Trinajstić information content (AvgIpc) is 3.40. The fraction of sp³-hybridized carbons (Fsp3) is 0.500. The van der Waals surface area contributed by atoms with Crippen molar-refractivity contribution in [2.45, 2.75) is 57.8 Å². The summed E-state index contributed by atoms with van der Waals surface area (Å²) in [4.78, 5) is 57.6. The van der Waals surface area contributed by atoms with E-state index in [0.717, 1.165) is 67.6 Å². The summed E-state index contributed by atoms with van der Waals surface area (Å²) in [6.45, 7) is 4.51. The van der Waals surface area contributed by atoms with E-state index < -0.39 is 18.0 Å². The Balaban J connectivity index is 1.20. The van der Waals surface area contributed by atoms with Gasteiger partial charge in [-0.2, -0.15) is 0 Å². The van der Waals surface area contributed by atoms with Crippen LogP contribution in [-0.2, 0) is 4.79 Å². The van der Waals surface area contributed by atoms with Crippen LogP contribution in [0.25, 0.3) is 11.0 Å². The van der Waals surface area contributed by atoms with E-state index in [9.17, 15) is 19.2 Å². The van der Waals surface area contributed by atoms with Crippen molar-refractivity contribution in [1.29, 1.82) is 0 Å². The zero-order valence-corrected chi connectivity index (χ0v) is 27.5. The van der Waals surface area contributed by atoms with Gasteiger partial charge in [0.15, 0.2) is 5.76 Å². The second-order valence-electron chi connectivity index (χ2n) is 13.2. The standard InChI is InChI=1S/C36H47N7O5/c37-35(46)43(20-15-25-7-2-1-3-8-25)36(47)39-28-11-12-30(29(24-28)40-33(44)32-23-27-9-4-5-10-31(27)48-32)41-18-6-19-42(22-21-41)34(45)26-13-16-38-17-14-26/h4-5,9-12,23-26,38H,1-3,6-8,13-22H2,(H2,37,46)(H,39,47)(H,40,44). The molecule has 2 aromatic carbocycles. The lowest BCUT2D eigenvalue weighted by atomic mass is 9.87. The van der Waals surface area contributed by atoms with E-state index in [0.29, 0.717) is 49.1 Å². The minimum absolute atomic E-state index is 0.0574. The number of nitrogens with zero attached hydrogens (tertiary/aromatic N) is 3. The highest BCUT2D eigenvalue weighted by Crippen LogP contribution is 2.32. The first-order valence-electron chi connectivity index (χ1n) is 17.4. The molecule has 6 rings (SSSR count). The highest BCUT2D eigenvalue weighted by Gasteiger charge is 2.29. The predicted molar refractivity (Wildman–Crippen MR) is 186 cm³/mol. The summed E-state index contributed by atoms with van der Waals surface area (Å²) in [5.74, 6) is 0.486. The van der Waals surface area contributed by atoms with Crippen molar-refractivity contribution in [2.24, 2.45) is 17.6 Å². The van der Waals surface area contributed by atoms with Crippen LogP contribution in [0.15, 0.2) is 52.9 Å². The molecule has 1 saturated carbocycles. The lowest BCUT2D eigenvalue weighted by molar-refractivity contribution is -0.136. The monoisotopic (exact) mass is 657 g/mol. The van der Waals surface area contributed by atoms with E-state index in [2.05, 4.69) is 20.9 Å².